The first-order valence-electron chi connectivity index (χ1n) is 9.01. The Balaban J connectivity index is 1.51. The maximum absolute atomic E-state index is 12.7. The zero-order chi connectivity index (χ0) is 21.1. The van der Waals surface area contributed by atoms with Crippen LogP contribution in [0.4, 0.5) is 11.4 Å². The lowest BCUT2D eigenvalue weighted by Gasteiger charge is -2.11. The van der Waals surface area contributed by atoms with Crippen molar-refractivity contribution in [1.29, 1.82) is 0 Å². The number of aromatic nitrogens is 3. The Morgan fingerprint density at radius 1 is 0.933 bits per heavy atom. The predicted octanol–water partition coefficient (Wildman–Crippen LogP) is 3.04. The topological polar surface area (TPSA) is 97.5 Å². The third-order valence-electron chi connectivity index (χ3n) is 4.33. The number of rotatable bonds is 5. The molecule has 8 nitrogen and oxygen atoms in total. The van der Waals surface area contributed by atoms with Gasteiger partial charge in [0, 0.05) is 16.9 Å². The van der Waals surface area contributed by atoms with Gasteiger partial charge in [-0.3, -0.25) is 14.0 Å². The second kappa shape index (κ2) is 8.22. The highest BCUT2D eigenvalue weighted by Gasteiger charge is 2.15. The van der Waals surface area contributed by atoms with E-state index in [-0.39, 0.29) is 12.1 Å². The van der Waals surface area contributed by atoms with Crippen LogP contribution in [-0.4, -0.2) is 26.0 Å². The van der Waals surface area contributed by atoms with Crippen molar-refractivity contribution in [1.82, 2.24) is 14.2 Å². The van der Waals surface area contributed by atoms with Crippen LogP contribution in [0.2, 0.25) is 5.02 Å². The highest BCUT2D eigenvalue weighted by Crippen LogP contribution is 2.19. The second-order valence-corrected chi connectivity index (χ2v) is 6.86. The lowest BCUT2D eigenvalue weighted by Crippen LogP contribution is -2.28. The van der Waals surface area contributed by atoms with Gasteiger partial charge in [0.1, 0.15) is 6.54 Å². The van der Waals surface area contributed by atoms with E-state index in [9.17, 15) is 14.4 Å². The highest BCUT2D eigenvalue weighted by atomic mass is 35.5. The van der Waals surface area contributed by atoms with Gasteiger partial charge in [0.15, 0.2) is 5.65 Å². The van der Waals surface area contributed by atoms with E-state index in [1.807, 2.05) is 0 Å². The number of anilines is 2. The van der Waals surface area contributed by atoms with Gasteiger partial charge in [0.05, 0.1) is 11.3 Å². The minimum Gasteiger partial charge on any atom is -0.324 e. The van der Waals surface area contributed by atoms with E-state index in [0.29, 0.717) is 22.0 Å². The van der Waals surface area contributed by atoms with Gasteiger partial charge < -0.3 is 10.6 Å². The van der Waals surface area contributed by atoms with Gasteiger partial charge in [0.25, 0.3) is 5.91 Å². The fourth-order valence-electron chi connectivity index (χ4n) is 2.92. The van der Waals surface area contributed by atoms with Gasteiger partial charge >= 0.3 is 5.69 Å². The third kappa shape index (κ3) is 4.08. The van der Waals surface area contributed by atoms with E-state index in [4.69, 9.17) is 11.6 Å². The van der Waals surface area contributed by atoms with Crippen molar-refractivity contribution in [3.05, 3.63) is 94.0 Å². The highest BCUT2D eigenvalue weighted by molar-refractivity contribution is 6.30. The maximum Gasteiger partial charge on any atom is 0.350 e. The van der Waals surface area contributed by atoms with Gasteiger partial charge in [-0.05, 0) is 48.5 Å². The number of carbonyl (C=O) groups is 2. The largest absolute Gasteiger partial charge is 0.350 e. The summed E-state index contributed by atoms with van der Waals surface area (Å²) in [5.41, 5.74) is 1.20. The normalized spacial score (nSPS) is 10.7. The molecule has 0 fully saturated rings. The summed E-state index contributed by atoms with van der Waals surface area (Å²) in [4.78, 5) is 37.5. The van der Waals surface area contributed by atoms with Crippen molar-refractivity contribution in [2.24, 2.45) is 0 Å². The van der Waals surface area contributed by atoms with Crippen LogP contribution in [0.15, 0.2) is 77.7 Å². The summed E-state index contributed by atoms with van der Waals surface area (Å²) in [6, 6.07) is 18.4. The fraction of sp³-hybridized carbons (Fsp3) is 0.0476. The third-order valence-corrected chi connectivity index (χ3v) is 4.58. The predicted molar refractivity (Wildman–Crippen MR) is 114 cm³/mol. The first kappa shape index (κ1) is 19.4. The Morgan fingerprint density at radius 2 is 1.67 bits per heavy atom. The van der Waals surface area contributed by atoms with Crippen LogP contribution in [0, 0.1) is 0 Å². The summed E-state index contributed by atoms with van der Waals surface area (Å²) in [5, 5.41) is 10.1. The number of para-hydroxylation sites is 1. The summed E-state index contributed by atoms with van der Waals surface area (Å²) in [5.74, 6) is -0.870. The number of pyridine rings is 1. The molecule has 2 aromatic heterocycles. The monoisotopic (exact) mass is 421 g/mol. The Morgan fingerprint density at radius 3 is 2.43 bits per heavy atom. The van der Waals surface area contributed by atoms with Crippen LogP contribution in [-0.2, 0) is 11.3 Å². The Bertz CT molecular complexity index is 1290. The lowest BCUT2D eigenvalue weighted by atomic mass is 10.1. The molecule has 2 amide bonds. The SMILES string of the molecule is O=C(Cn1nc2ccccn2c1=O)Nc1ccccc1C(=O)Nc1ccc(Cl)cc1. The van der Waals surface area contributed by atoms with Gasteiger partial charge in [-0.15, -0.1) is 5.10 Å². The molecule has 2 N–H and O–H groups in total. The molecule has 4 rings (SSSR count). The number of benzene rings is 2. The molecule has 0 aliphatic heterocycles. The van der Waals surface area contributed by atoms with Crippen LogP contribution in [0.5, 0.6) is 0 Å². The van der Waals surface area contributed by atoms with Crippen molar-refractivity contribution < 1.29 is 9.59 Å². The molecule has 150 valence electrons. The zero-order valence-corrected chi connectivity index (χ0v) is 16.3. The van der Waals surface area contributed by atoms with E-state index in [2.05, 4.69) is 15.7 Å². The van der Waals surface area contributed by atoms with Gasteiger partial charge in [0.2, 0.25) is 5.91 Å². The smallest absolute Gasteiger partial charge is 0.324 e. The second-order valence-electron chi connectivity index (χ2n) is 6.42. The molecular formula is C21H16ClN5O3. The molecule has 30 heavy (non-hydrogen) atoms. The molecule has 0 unspecified atom stereocenters. The molecular weight excluding hydrogens is 406 g/mol. The average molecular weight is 422 g/mol. The summed E-state index contributed by atoms with van der Waals surface area (Å²) in [7, 11) is 0. The molecule has 4 aromatic rings. The Kier molecular flexibility index (Phi) is 5.32. The van der Waals surface area contributed by atoms with Gasteiger partial charge in [-0.25, -0.2) is 9.48 Å². The number of carbonyl (C=O) groups excluding carboxylic acids is 2. The van der Waals surface area contributed by atoms with E-state index >= 15 is 0 Å². The molecule has 0 bridgehead atoms. The van der Waals surface area contributed by atoms with Crippen LogP contribution < -0.4 is 16.3 Å². The Labute approximate surface area is 175 Å². The van der Waals surface area contributed by atoms with Crippen molar-refractivity contribution in [2.45, 2.75) is 6.54 Å². The molecule has 0 aliphatic rings. The van der Waals surface area contributed by atoms with Crippen LogP contribution in [0.1, 0.15) is 10.4 Å². The van der Waals surface area contributed by atoms with Crippen LogP contribution in [0.25, 0.3) is 5.65 Å². The van der Waals surface area contributed by atoms with Crippen molar-refractivity contribution in [3.63, 3.8) is 0 Å². The van der Waals surface area contributed by atoms with Crippen LogP contribution >= 0.6 is 11.6 Å². The molecule has 2 aromatic carbocycles. The number of nitrogens with one attached hydrogen (secondary N) is 2. The minimum atomic E-state index is -0.479. The average Bonchev–Trinajstić information content (AvgIpc) is 3.05. The first-order chi connectivity index (χ1) is 14.5. The van der Waals surface area contributed by atoms with Crippen LogP contribution in [0.3, 0.4) is 0 Å². The number of hydrogen-bond donors (Lipinski definition) is 2. The summed E-state index contributed by atoms with van der Waals surface area (Å²) < 4.78 is 2.42. The standard InChI is InChI=1S/C21H16ClN5O3/c22-14-8-10-15(11-9-14)23-20(29)16-5-1-2-6-17(16)24-19(28)13-27-21(30)26-12-4-3-7-18(26)25-27/h1-12H,13H2,(H,23,29)(H,24,28). The molecule has 0 aliphatic carbocycles. The van der Waals surface area contributed by atoms with Gasteiger partial charge in [-0.2, -0.15) is 0 Å². The number of halogens is 1. The molecule has 9 heteroatoms. The molecule has 0 saturated carbocycles. The van der Waals surface area contributed by atoms with E-state index < -0.39 is 17.5 Å². The molecule has 0 atom stereocenters. The number of amides is 2. The van der Waals surface area contributed by atoms with Crippen molar-refractivity contribution in [2.75, 3.05) is 10.6 Å². The summed E-state index contributed by atoms with van der Waals surface area (Å²) in [6.45, 7) is -0.284. The Hall–Kier alpha value is -3.91. The number of fused-ring (bicyclic) bond motifs is 1. The first-order valence-corrected chi connectivity index (χ1v) is 9.39. The molecule has 0 saturated heterocycles. The quantitative estimate of drug-likeness (QED) is 0.517. The molecule has 2 heterocycles. The lowest BCUT2D eigenvalue weighted by molar-refractivity contribution is -0.117. The van der Waals surface area contributed by atoms with Gasteiger partial charge in [-0.1, -0.05) is 29.8 Å². The molecule has 0 spiro atoms. The summed E-state index contributed by atoms with van der Waals surface area (Å²) in [6.07, 6.45) is 1.58. The van der Waals surface area contributed by atoms with Crippen molar-refractivity contribution >= 4 is 40.4 Å². The maximum atomic E-state index is 12.7. The molecule has 0 radical (unpaired) electrons. The summed E-state index contributed by atoms with van der Waals surface area (Å²) >= 11 is 5.86. The van der Waals surface area contributed by atoms with E-state index in [1.165, 1.54) is 4.40 Å². The van der Waals surface area contributed by atoms with Crippen molar-refractivity contribution in [3.8, 4) is 0 Å². The number of hydrogen-bond acceptors (Lipinski definition) is 4. The van der Waals surface area contributed by atoms with E-state index in [1.54, 1.807) is 72.9 Å². The minimum absolute atomic E-state index is 0.281. The fourth-order valence-corrected chi connectivity index (χ4v) is 3.04. The van der Waals surface area contributed by atoms with E-state index in [0.717, 1.165) is 4.68 Å². The number of nitrogens with zero attached hydrogens (tertiary/aromatic N) is 3. The zero-order valence-electron chi connectivity index (χ0n) is 15.6.